The lowest BCUT2D eigenvalue weighted by Crippen LogP contribution is -2.42. The van der Waals surface area contributed by atoms with Crippen molar-refractivity contribution < 1.29 is 4.79 Å². The second-order valence-electron chi connectivity index (χ2n) is 4.39. The Hall–Kier alpha value is -1.64. The molecule has 82 valence electrons. The second-order valence-corrected chi connectivity index (χ2v) is 4.39. The summed E-state index contributed by atoms with van der Waals surface area (Å²) >= 11 is 0. The second kappa shape index (κ2) is 3.74. The standard InChI is InChI=1S/C13H14N2O/c16-13(12-6-1-2-9-14-12)15-10-4-3-5-11(15)8-7-10/h1-4,6,9-11H,5,7-8H2/t10-,11-/m0/s1. The van der Waals surface area contributed by atoms with Crippen LogP contribution in [-0.2, 0) is 0 Å². The van der Waals surface area contributed by atoms with Crippen LogP contribution in [0.2, 0.25) is 0 Å². The Kier molecular flexibility index (Phi) is 2.24. The molecule has 16 heavy (non-hydrogen) atoms. The molecule has 0 radical (unpaired) electrons. The predicted octanol–water partition coefficient (Wildman–Crippen LogP) is 2.01. The van der Waals surface area contributed by atoms with Crippen LogP contribution < -0.4 is 0 Å². The fourth-order valence-corrected chi connectivity index (χ4v) is 2.66. The minimum atomic E-state index is 0.0810. The Bertz CT molecular complexity index is 427. The number of carbonyl (C=O) groups is 1. The lowest BCUT2D eigenvalue weighted by molar-refractivity contribution is 0.0683. The van der Waals surface area contributed by atoms with E-state index in [1.165, 1.54) is 0 Å². The average molecular weight is 214 g/mol. The van der Waals surface area contributed by atoms with Crippen molar-refractivity contribution in [3.05, 3.63) is 42.2 Å². The van der Waals surface area contributed by atoms with Crippen LogP contribution in [0.25, 0.3) is 0 Å². The summed E-state index contributed by atoms with van der Waals surface area (Å²) < 4.78 is 0. The van der Waals surface area contributed by atoms with Gasteiger partial charge in [-0.2, -0.15) is 0 Å². The highest BCUT2D eigenvalue weighted by molar-refractivity contribution is 5.93. The molecule has 3 nitrogen and oxygen atoms in total. The van der Waals surface area contributed by atoms with Crippen LogP contribution in [0.3, 0.4) is 0 Å². The molecule has 1 aromatic rings. The number of amides is 1. The van der Waals surface area contributed by atoms with Crippen molar-refractivity contribution >= 4 is 5.91 Å². The Morgan fingerprint density at radius 2 is 2.31 bits per heavy atom. The van der Waals surface area contributed by atoms with Crippen molar-refractivity contribution in [2.24, 2.45) is 0 Å². The SMILES string of the molecule is O=C(c1ccccn1)N1[C@H]2CC=C[C@H]1CC2. The van der Waals surface area contributed by atoms with Gasteiger partial charge in [-0.3, -0.25) is 9.78 Å². The van der Waals surface area contributed by atoms with E-state index in [1.54, 1.807) is 12.3 Å². The molecule has 0 aliphatic carbocycles. The zero-order valence-electron chi connectivity index (χ0n) is 9.04. The molecule has 0 unspecified atom stereocenters. The van der Waals surface area contributed by atoms with Crippen molar-refractivity contribution in [3.8, 4) is 0 Å². The molecule has 1 aromatic heterocycles. The fourth-order valence-electron chi connectivity index (χ4n) is 2.66. The molecule has 3 heterocycles. The summed E-state index contributed by atoms with van der Waals surface area (Å²) in [5.41, 5.74) is 0.565. The average Bonchev–Trinajstić information content (AvgIpc) is 2.59. The minimum Gasteiger partial charge on any atom is -0.328 e. The predicted molar refractivity (Wildman–Crippen MR) is 61.0 cm³/mol. The van der Waals surface area contributed by atoms with Gasteiger partial charge in [0.15, 0.2) is 0 Å². The molecule has 0 saturated carbocycles. The van der Waals surface area contributed by atoms with Crippen molar-refractivity contribution in [1.29, 1.82) is 0 Å². The number of pyridine rings is 1. The van der Waals surface area contributed by atoms with Crippen LogP contribution in [-0.4, -0.2) is 27.9 Å². The zero-order chi connectivity index (χ0) is 11.0. The third-order valence-corrected chi connectivity index (χ3v) is 3.43. The molecular weight excluding hydrogens is 200 g/mol. The molecular formula is C13H14N2O. The van der Waals surface area contributed by atoms with Crippen molar-refractivity contribution in [2.45, 2.75) is 31.3 Å². The molecule has 3 rings (SSSR count). The molecule has 2 aliphatic heterocycles. The summed E-state index contributed by atoms with van der Waals surface area (Å²) in [7, 11) is 0. The normalized spacial score (nSPS) is 27.1. The van der Waals surface area contributed by atoms with E-state index in [9.17, 15) is 4.79 Å². The van der Waals surface area contributed by atoms with Crippen LogP contribution in [0.5, 0.6) is 0 Å². The first-order valence-corrected chi connectivity index (χ1v) is 5.76. The molecule has 3 heteroatoms. The van der Waals surface area contributed by atoms with Crippen molar-refractivity contribution in [3.63, 3.8) is 0 Å². The van der Waals surface area contributed by atoms with Gasteiger partial charge in [0.1, 0.15) is 5.69 Å². The van der Waals surface area contributed by atoms with E-state index >= 15 is 0 Å². The number of nitrogens with zero attached hydrogens (tertiary/aromatic N) is 2. The molecule has 1 amide bonds. The van der Waals surface area contributed by atoms with Gasteiger partial charge in [-0.05, 0) is 31.4 Å². The summed E-state index contributed by atoms with van der Waals surface area (Å²) in [6, 6.07) is 6.18. The third kappa shape index (κ3) is 1.43. The fraction of sp³-hybridized carbons (Fsp3) is 0.385. The number of rotatable bonds is 1. The summed E-state index contributed by atoms with van der Waals surface area (Å²) in [6.45, 7) is 0. The summed E-state index contributed by atoms with van der Waals surface area (Å²) in [5, 5.41) is 0. The van der Waals surface area contributed by atoms with Gasteiger partial charge >= 0.3 is 0 Å². The van der Waals surface area contributed by atoms with Gasteiger partial charge in [-0.15, -0.1) is 0 Å². The van der Waals surface area contributed by atoms with Gasteiger partial charge in [-0.25, -0.2) is 0 Å². The Morgan fingerprint density at radius 1 is 1.38 bits per heavy atom. The van der Waals surface area contributed by atoms with Crippen LogP contribution in [0.4, 0.5) is 0 Å². The van der Waals surface area contributed by atoms with Crippen LogP contribution in [0, 0.1) is 0 Å². The van der Waals surface area contributed by atoms with Crippen molar-refractivity contribution in [1.82, 2.24) is 9.88 Å². The van der Waals surface area contributed by atoms with Gasteiger partial charge in [-0.1, -0.05) is 18.2 Å². The van der Waals surface area contributed by atoms with E-state index < -0.39 is 0 Å². The molecule has 0 spiro atoms. The summed E-state index contributed by atoms with van der Waals surface area (Å²) in [5.74, 6) is 0.0810. The highest BCUT2D eigenvalue weighted by Gasteiger charge is 2.37. The molecule has 2 aliphatic rings. The van der Waals surface area contributed by atoms with E-state index in [0.29, 0.717) is 17.8 Å². The van der Waals surface area contributed by atoms with Crippen molar-refractivity contribution in [2.75, 3.05) is 0 Å². The van der Waals surface area contributed by atoms with Crippen LogP contribution in [0.1, 0.15) is 29.8 Å². The van der Waals surface area contributed by atoms with Gasteiger partial charge in [0.2, 0.25) is 0 Å². The largest absolute Gasteiger partial charge is 0.328 e. The maximum atomic E-state index is 12.3. The summed E-state index contributed by atoms with van der Waals surface area (Å²) in [6.07, 6.45) is 9.24. The van der Waals surface area contributed by atoms with E-state index in [1.807, 2.05) is 17.0 Å². The Labute approximate surface area is 94.8 Å². The number of aromatic nitrogens is 1. The molecule has 2 atom stereocenters. The smallest absolute Gasteiger partial charge is 0.273 e. The topological polar surface area (TPSA) is 33.2 Å². The molecule has 1 saturated heterocycles. The maximum absolute atomic E-state index is 12.3. The Balaban J connectivity index is 1.89. The van der Waals surface area contributed by atoms with Gasteiger partial charge < -0.3 is 4.90 Å². The third-order valence-electron chi connectivity index (χ3n) is 3.43. The van der Waals surface area contributed by atoms with Crippen LogP contribution >= 0.6 is 0 Å². The maximum Gasteiger partial charge on any atom is 0.273 e. The van der Waals surface area contributed by atoms with Gasteiger partial charge in [0, 0.05) is 12.2 Å². The molecule has 1 fully saturated rings. The number of carbonyl (C=O) groups excluding carboxylic acids is 1. The van der Waals surface area contributed by atoms with E-state index in [2.05, 4.69) is 17.1 Å². The van der Waals surface area contributed by atoms with Gasteiger partial charge in [0.05, 0.1) is 6.04 Å². The first-order chi connectivity index (χ1) is 7.86. The first-order valence-electron chi connectivity index (χ1n) is 5.76. The number of hydrogen-bond acceptors (Lipinski definition) is 2. The monoisotopic (exact) mass is 214 g/mol. The number of fused-ring (bicyclic) bond motifs is 2. The summed E-state index contributed by atoms with van der Waals surface area (Å²) in [4.78, 5) is 18.4. The van der Waals surface area contributed by atoms with E-state index in [4.69, 9.17) is 0 Å². The molecule has 2 bridgehead atoms. The highest BCUT2D eigenvalue weighted by atomic mass is 16.2. The zero-order valence-corrected chi connectivity index (χ0v) is 9.04. The first kappa shape index (κ1) is 9.58. The van der Waals surface area contributed by atoms with Crippen LogP contribution in [0.15, 0.2) is 36.5 Å². The molecule has 0 N–H and O–H groups in total. The lowest BCUT2D eigenvalue weighted by Gasteiger charge is -2.31. The van der Waals surface area contributed by atoms with E-state index in [-0.39, 0.29) is 5.91 Å². The highest BCUT2D eigenvalue weighted by Crippen LogP contribution is 2.32. The lowest BCUT2D eigenvalue weighted by atomic mass is 10.1. The number of hydrogen-bond donors (Lipinski definition) is 0. The van der Waals surface area contributed by atoms with E-state index in [0.717, 1.165) is 19.3 Å². The quantitative estimate of drug-likeness (QED) is 0.670. The minimum absolute atomic E-state index is 0.0810. The molecule has 0 aromatic carbocycles. The Morgan fingerprint density at radius 3 is 3.06 bits per heavy atom. The van der Waals surface area contributed by atoms with Gasteiger partial charge in [0.25, 0.3) is 5.91 Å².